The highest BCUT2D eigenvalue weighted by atomic mass is 32.2. The molecule has 0 aromatic heterocycles. The zero-order valence-electron chi connectivity index (χ0n) is 3.62. The molecule has 0 radical (unpaired) electrons. The van der Waals surface area contributed by atoms with Crippen molar-refractivity contribution in [2.24, 2.45) is 4.40 Å². The zero-order chi connectivity index (χ0) is 5.91. The molecule has 7 heavy (non-hydrogen) atoms. The van der Waals surface area contributed by atoms with Gasteiger partial charge < -0.3 is 9.81 Å². The van der Waals surface area contributed by atoms with Crippen LogP contribution >= 0.6 is 0 Å². The largest absolute Gasteiger partial charge is 0.422 e. The van der Waals surface area contributed by atoms with E-state index in [1.807, 2.05) is 0 Å². The Balaban J connectivity index is 4.44. The molecule has 0 aromatic carbocycles. The molecule has 0 amide bonds. The normalized spacial score (nSPS) is 9.86. The maximum Gasteiger partial charge on any atom is 0.175 e. The van der Waals surface area contributed by atoms with E-state index in [4.69, 9.17) is 5.41 Å². The van der Waals surface area contributed by atoms with Crippen molar-refractivity contribution in [2.45, 2.75) is 0 Å². The van der Waals surface area contributed by atoms with E-state index in [-0.39, 0.29) is 0 Å². The molecule has 0 aliphatic rings. The highest BCUT2D eigenvalue weighted by molar-refractivity contribution is 7.89. The fourth-order valence-corrected chi connectivity index (χ4v) is 0.222. The zero-order valence-corrected chi connectivity index (χ0v) is 4.44. The monoisotopic (exact) mass is 119 g/mol. The molecule has 0 aromatic rings. The van der Waals surface area contributed by atoms with Gasteiger partial charge in [-0.1, -0.05) is 0 Å². The minimum atomic E-state index is -3.41. The predicted octanol–water partition coefficient (Wildman–Crippen LogP) is -0.311. The predicted molar refractivity (Wildman–Crippen MR) is 25.6 cm³/mol. The third kappa shape index (κ3) is 5.33. The molecular weight excluding hydrogens is 116 g/mol. The summed E-state index contributed by atoms with van der Waals surface area (Å²) in [5.74, 6) is 0. The lowest BCUT2D eigenvalue weighted by atomic mass is 11.6. The van der Waals surface area contributed by atoms with E-state index in [0.717, 1.165) is 12.3 Å². The van der Waals surface area contributed by atoms with Crippen LogP contribution in [0.3, 0.4) is 0 Å². The van der Waals surface area contributed by atoms with E-state index in [1.165, 1.54) is 0 Å². The molecule has 40 valence electrons. The van der Waals surface area contributed by atoms with Crippen molar-refractivity contribution >= 4 is 16.0 Å². The van der Waals surface area contributed by atoms with Gasteiger partial charge in [0.1, 0.15) is 0 Å². The number of hydrogen-bond donors (Lipinski definition) is 0. The molecule has 4 nitrogen and oxygen atoms in total. The molecule has 0 aliphatic heterocycles. The van der Waals surface area contributed by atoms with Crippen molar-refractivity contribution in [2.75, 3.05) is 6.26 Å². The Bertz CT molecular complexity index is 186. The molecule has 0 N–H and O–H groups in total. The average molecular weight is 119 g/mol. The van der Waals surface area contributed by atoms with E-state index >= 15 is 0 Å². The molecule has 0 spiro atoms. The molecule has 5 heteroatoms. The first kappa shape index (κ1) is 6.33. The van der Waals surface area contributed by atoms with Crippen molar-refractivity contribution in [3.63, 3.8) is 0 Å². The van der Waals surface area contributed by atoms with Gasteiger partial charge in [-0.15, -0.1) is 6.01 Å². The maximum absolute atomic E-state index is 9.84. The Kier molecular flexibility index (Phi) is 1.68. The molecule has 0 unspecified atom stereocenters. The topological polar surface area (TPSA) is 68.8 Å². The first-order chi connectivity index (χ1) is 3.06. The van der Waals surface area contributed by atoms with Crippen LogP contribution in [-0.4, -0.2) is 20.7 Å². The molecule has 0 heterocycles. The lowest BCUT2D eigenvalue weighted by Crippen LogP contribution is -1.86. The van der Waals surface area contributed by atoms with Gasteiger partial charge in [0.05, 0.1) is 0 Å². The third-order valence-electron chi connectivity index (χ3n) is 0.207. The summed E-state index contributed by atoms with van der Waals surface area (Å²) in [6.07, 6.45) is 0.857. The average Bonchev–Trinajstić information content (AvgIpc) is 1.30. The van der Waals surface area contributed by atoms with Gasteiger partial charge in [-0.2, -0.15) is 0 Å². The van der Waals surface area contributed by atoms with E-state index in [9.17, 15) is 8.42 Å². The third-order valence-corrected chi connectivity index (χ3v) is 0.620. The van der Waals surface area contributed by atoms with Gasteiger partial charge in [0.15, 0.2) is 10.0 Å². The molecular formula is C2H3N2O2S-. The van der Waals surface area contributed by atoms with Crippen LogP contribution < -0.4 is 0 Å². The summed E-state index contributed by atoms with van der Waals surface area (Å²) in [5.41, 5.74) is 0. The van der Waals surface area contributed by atoms with E-state index in [0.29, 0.717) is 0 Å². The summed E-state index contributed by atoms with van der Waals surface area (Å²) < 4.78 is 22.2. The summed E-state index contributed by atoms with van der Waals surface area (Å²) in [4.78, 5) is 0. The summed E-state index contributed by atoms with van der Waals surface area (Å²) in [5, 5.41) is 7.61. The minimum Gasteiger partial charge on any atom is -0.422 e. The SMILES string of the molecule is CS(=O)(=O)N=C=[N-]. The Morgan fingerprint density at radius 2 is 2.14 bits per heavy atom. The summed E-state index contributed by atoms with van der Waals surface area (Å²) in [7, 11) is -3.41. The molecule has 0 rings (SSSR count). The van der Waals surface area contributed by atoms with Crippen LogP contribution in [0.2, 0.25) is 0 Å². The highest BCUT2D eigenvalue weighted by Gasteiger charge is 1.79. The van der Waals surface area contributed by atoms with Crippen LogP contribution in [0.1, 0.15) is 0 Å². The number of hydrogen-bond acceptors (Lipinski definition) is 2. The quantitative estimate of drug-likeness (QED) is 0.444. The fourth-order valence-electron chi connectivity index (χ4n) is 0.0742. The van der Waals surface area contributed by atoms with Crippen LogP contribution in [0.15, 0.2) is 4.40 Å². The Labute approximate surface area is 41.4 Å². The van der Waals surface area contributed by atoms with Crippen molar-refractivity contribution in [3.8, 4) is 0 Å². The van der Waals surface area contributed by atoms with Crippen LogP contribution in [-0.2, 0) is 10.0 Å². The molecule has 0 atom stereocenters. The Hall–Kier alpha value is -0.670. The van der Waals surface area contributed by atoms with E-state index in [1.54, 1.807) is 0 Å². The molecule has 0 aliphatic carbocycles. The standard InChI is InChI=1S/C2H3N2O2S/c1-7(5,6)4-2-3/h1H3/q-1. The summed E-state index contributed by atoms with van der Waals surface area (Å²) in [6, 6.07) is 1.14. The highest BCUT2D eigenvalue weighted by Crippen LogP contribution is 1.76. The lowest BCUT2D eigenvalue weighted by Gasteiger charge is -1.84. The van der Waals surface area contributed by atoms with Gasteiger partial charge in [0.25, 0.3) is 0 Å². The van der Waals surface area contributed by atoms with Gasteiger partial charge in [0, 0.05) is 6.26 Å². The smallest absolute Gasteiger partial charge is 0.175 e. The Morgan fingerprint density at radius 1 is 1.71 bits per heavy atom. The maximum atomic E-state index is 9.84. The van der Waals surface area contributed by atoms with E-state index in [2.05, 4.69) is 4.40 Å². The van der Waals surface area contributed by atoms with Crippen LogP contribution in [0.4, 0.5) is 0 Å². The van der Waals surface area contributed by atoms with Crippen molar-refractivity contribution < 1.29 is 8.42 Å². The van der Waals surface area contributed by atoms with Gasteiger partial charge >= 0.3 is 0 Å². The fraction of sp³-hybridized carbons (Fsp3) is 0.500. The van der Waals surface area contributed by atoms with Crippen LogP contribution in [0.5, 0.6) is 0 Å². The van der Waals surface area contributed by atoms with Crippen molar-refractivity contribution in [1.82, 2.24) is 0 Å². The van der Waals surface area contributed by atoms with Gasteiger partial charge in [-0.25, -0.2) is 8.42 Å². The summed E-state index contributed by atoms with van der Waals surface area (Å²) >= 11 is 0. The van der Waals surface area contributed by atoms with Crippen molar-refractivity contribution in [1.29, 1.82) is 0 Å². The Morgan fingerprint density at radius 3 is 2.14 bits per heavy atom. The van der Waals surface area contributed by atoms with Crippen LogP contribution in [0.25, 0.3) is 5.41 Å². The van der Waals surface area contributed by atoms with Crippen molar-refractivity contribution in [3.05, 3.63) is 5.41 Å². The minimum absolute atomic E-state index is 0.857. The molecule has 0 bridgehead atoms. The second-order valence-electron chi connectivity index (χ2n) is 0.924. The first-order valence-corrected chi connectivity index (χ1v) is 3.22. The second-order valence-corrected chi connectivity index (χ2v) is 2.57. The first-order valence-electron chi connectivity index (χ1n) is 1.37. The number of rotatable bonds is 1. The van der Waals surface area contributed by atoms with Gasteiger partial charge in [0.2, 0.25) is 0 Å². The number of sulfonamides is 1. The summed E-state index contributed by atoms with van der Waals surface area (Å²) in [6.45, 7) is 0. The second kappa shape index (κ2) is 1.86. The van der Waals surface area contributed by atoms with Crippen LogP contribution in [0, 0.1) is 0 Å². The molecule has 0 saturated carbocycles. The molecule has 0 fully saturated rings. The van der Waals surface area contributed by atoms with E-state index < -0.39 is 10.0 Å². The lowest BCUT2D eigenvalue weighted by molar-refractivity contribution is 0.604. The number of nitrogens with zero attached hydrogens (tertiary/aromatic N) is 2. The molecule has 0 saturated heterocycles. The van der Waals surface area contributed by atoms with Gasteiger partial charge in [-0.05, 0) is 0 Å². The van der Waals surface area contributed by atoms with Gasteiger partial charge in [-0.3, -0.25) is 0 Å².